The molecule has 0 aliphatic heterocycles. The van der Waals surface area contributed by atoms with Crippen molar-refractivity contribution >= 4 is 11.9 Å². The standard InChI is InChI=1S/C26H30O7/c1-3-5-24(30-4-2)31-21-14-16-23(17-15-21)33-26(29)19-8-12-22(13-9-19)32-25(28)18-6-10-20(27)11-7-18/h4,8-9,12-18,20,24,27H,2-3,5-7,10-11H2,1H3. The van der Waals surface area contributed by atoms with Crippen LogP contribution in [0.5, 0.6) is 17.2 Å². The zero-order valence-electron chi connectivity index (χ0n) is 18.8. The summed E-state index contributed by atoms with van der Waals surface area (Å²) in [6, 6.07) is 12.9. The molecule has 0 saturated heterocycles. The van der Waals surface area contributed by atoms with Gasteiger partial charge in [-0.15, -0.1) is 0 Å². The third-order valence-corrected chi connectivity index (χ3v) is 5.41. The van der Waals surface area contributed by atoms with Crippen molar-refractivity contribution in [2.45, 2.75) is 57.8 Å². The van der Waals surface area contributed by atoms with Crippen LogP contribution in [-0.4, -0.2) is 29.4 Å². The Morgan fingerprint density at radius 1 is 0.970 bits per heavy atom. The molecule has 0 aromatic heterocycles. The zero-order valence-corrected chi connectivity index (χ0v) is 18.8. The summed E-state index contributed by atoms with van der Waals surface area (Å²) < 4.78 is 21.9. The van der Waals surface area contributed by atoms with E-state index in [0.717, 1.165) is 12.8 Å². The minimum absolute atomic E-state index is 0.203. The van der Waals surface area contributed by atoms with E-state index in [1.807, 2.05) is 6.92 Å². The molecule has 7 nitrogen and oxygen atoms in total. The van der Waals surface area contributed by atoms with E-state index in [1.54, 1.807) is 48.5 Å². The Hall–Kier alpha value is -3.32. The molecule has 0 heterocycles. The van der Waals surface area contributed by atoms with Gasteiger partial charge in [-0.05, 0) is 80.6 Å². The highest BCUT2D eigenvalue weighted by atomic mass is 16.7. The highest BCUT2D eigenvalue weighted by molar-refractivity contribution is 5.91. The van der Waals surface area contributed by atoms with Crippen LogP contribution in [0.3, 0.4) is 0 Å². The molecule has 1 atom stereocenters. The van der Waals surface area contributed by atoms with Crippen molar-refractivity contribution in [2.24, 2.45) is 5.92 Å². The number of rotatable bonds is 10. The van der Waals surface area contributed by atoms with Gasteiger partial charge in [0.15, 0.2) is 0 Å². The zero-order chi connectivity index (χ0) is 23.6. The molecule has 1 unspecified atom stereocenters. The Morgan fingerprint density at radius 3 is 2.15 bits per heavy atom. The molecule has 0 radical (unpaired) electrons. The molecule has 33 heavy (non-hydrogen) atoms. The molecular formula is C26H30O7. The lowest BCUT2D eigenvalue weighted by Gasteiger charge is -2.23. The van der Waals surface area contributed by atoms with Gasteiger partial charge < -0.3 is 24.1 Å². The first-order valence-electron chi connectivity index (χ1n) is 11.2. The Labute approximate surface area is 193 Å². The van der Waals surface area contributed by atoms with E-state index in [2.05, 4.69) is 6.58 Å². The van der Waals surface area contributed by atoms with Gasteiger partial charge in [-0.25, -0.2) is 4.79 Å². The van der Waals surface area contributed by atoms with E-state index in [1.165, 1.54) is 6.26 Å². The maximum atomic E-state index is 12.4. The first-order valence-corrected chi connectivity index (χ1v) is 11.2. The average molecular weight is 455 g/mol. The smallest absolute Gasteiger partial charge is 0.343 e. The van der Waals surface area contributed by atoms with Crippen LogP contribution in [0.1, 0.15) is 55.8 Å². The Bertz CT molecular complexity index is 913. The lowest BCUT2D eigenvalue weighted by molar-refractivity contribution is -0.140. The number of ether oxygens (including phenoxy) is 4. The van der Waals surface area contributed by atoms with E-state index >= 15 is 0 Å². The van der Waals surface area contributed by atoms with Gasteiger partial charge in [0.05, 0.1) is 23.8 Å². The van der Waals surface area contributed by atoms with Crippen molar-refractivity contribution in [3.05, 3.63) is 66.9 Å². The van der Waals surface area contributed by atoms with Gasteiger partial charge >= 0.3 is 11.9 Å². The second kappa shape index (κ2) is 12.1. The maximum Gasteiger partial charge on any atom is 0.343 e. The number of benzene rings is 2. The average Bonchev–Trinajstić information content (AvgIpc) is 2.81. The number of carbonyl (C=O) groups is 2. The third-order valence-electron chi connectivity index (χ3n) is 5.41. The summed E-state index contributed by atoms with van der Waals surface area (Å²) in [4.78, 5) is 24.7. The summed E-state index contributed by atoms with van der Waals surface area (Å²) in [6.07, 6.45) is 4.69. The van der Waals surface area contributed by atoms with E-state index in [-0.39, 0.29) is 18.0 Å². The second-order valence-corrected chi connectivity index (χ2v) is 7.95. The number of carbonyl (C=O) groups excluding carboxylic acids is 2. The summed E-state index contributed by atoms with van der Waals surface area (Å²) in [5, 5.41) is 9.56. The molecule has 2 aromatic carbocycles. The van der Waals surface area contributed by atoms with Crippen molar-refractivity contribution in [3.63, 3.8) is 0 Å². The van der Waals surface area contributed by atoms with Crippen molar-refractivity contribution in [1.29, 1.82) is 0 Å². The van der Waals surface area contributed by atoms with Crippen molar-refractivity contribution in [3.8, 4) is 17.2 Å². The third kappa shape index (κ3) is 7.36. The van der Waals surface area contributed by atoms with E-state index in [9.17, 15) is 14.7 Å². The van der Waals surface area contributed by atoms with Crippen LogP contribution in [0.4, 0.5) is 0 Å². The molecule has 1 N–H and O–H groups in total. The van der Waals surface area contributed by atoms with Gasteiger partial charge in [0.2, 0.25) is 6.29 Å². The lowest BCUT2D eigenvalue weighted by Crippen LogP contribution is -2.27. The molecule has 1 aliphatic rings. The van der Waals surface area contributed by atoms with Crippen LogP contribution in [0.25, 0.3) is 0 Å². The first-order chi connectivity index (χ1) is 16.0. The van der Waals surface area contributed by atoms with Gasteiger partial charge in [0.25, 0.3) is 0 Å². The largest absolute Gasteiger partial charge is 0.463 e. The molecule has 2 aromatic rings. The SMILES string of the molecule is C=COC(CCC)Oc1ccc(OC(=O)c2ccc(OC(=O)C3CCC(O)CC3)cc2)cc1. The minimum Gasteiger partial charge on any atom is -0.463 e. The van der Waals surface area contributed by atoms with Crippen molar-refractivity contribution in [1.82, 2.24) is 0 Å². The Balaban J connectivity index is 1.51. The van der Waals surface area contributed by atoms with Crippen LogP contribution in [0.2, 0.25) is 0 Å². The predicted molar refractivity (Wildman–Crippen MR) is 122 cm³/mol. The van der Waals surface area contributed by atoms with Crippen LogP contribution in [0.15, 0.2) is 61.4 Å². The highest BCUT2D eigenvalue weighted by Crippen LogP contribution is 2.26. The fraction of sp³-hybridized carbons (Fsp3) is 0.385. The van der Waals surface area contributed by atoms with Crippen LogP contribution < -0.4 is 14.2 Å². The molecule has 1 aliphatic carbocycles. The number of aliphatic hydroxyl groups is 1. The second-order valence-electron chi connectivity index (χ2n) is 7.95. The number of hydrogen-bond acceptors (Lipinski definition) is 7. The molecule has 7 heteroatoms. The fourth-order valence-electron chi connectivity index (χ4n) is 3.57. The van der Waals surface area contributed by atoms with Gasteiger partial charge in [0.1, 0.15) is 17.2 Å². The van der Waals surface area contributed by atoms with Gasteiger partial charge in [0, 0.05) is 6.42 Å². The predicted octanol–water partition coefficient (Wildman–Crippen LogP) is 5.03. The summed E-state index contributed by atoms with van der Waals surface area (Å²) >= 11 is 0. The maximum absolute atomic E-state index is 12.4. The molecule has 1 fully saturated rings. The summed E-state index contributed by atoms with van der Waals surface area (Å²) in [7, 11) is 0. The highest BCUT2D eigenvalue weighted by Gasteiger charge is 2.26. The van der Waals surface area contributed by atoms with Gasteiger partial charge in [-0.2, -0.15) is 0 Å². The number of aliphatic hydroxyl groups excluding tert-OH is 1. The quantitative estimate of drug-likeness (QED) is 0.233. The van der Waals surface area contributed by atoms with Crippen LogP contribution >= 0.6 is 0 Å². The molecular weight excluding hydrogens is 424 g/mol. The van der Waals surface area contributed by atoms with Crippen LogP contribution in [0, 0.1) is 5.92 Å². The molecule has 176 valence electrons. The molecule has 0 bridgehead atoms. The monoisotopic (exact) mass is 454 g/mol. The Kier molecular flexibility index (Phi) is 8.89. The van der Waals surface area contributed by atoms with E-state index in [0.29, 0.717) is 48.5 Å². The molecule has 1 saturated carbocycles. The van der Waals surface area contributed by atoms with E-state index in [4.69, 9.17) is 18.9 Å². The minimum atomic E-state index is -0.526. The van der Waals surface area contributed by atoms with Gasteiger partial charge in [-0.1, -0.05) is 13.5 Å². The number of hydrogen-bond donors (Lipinski definition) is 1. The fourth-order valence-corrected chi connectivity index (χ4v) is 3.57. The lowest BCUT2D eigenvalue weighted by atomic mass is 9.87. The summed E-state index contributed by atoms with van der Waals surface area (Å²) in [6.45, 7) is 5.58. The molecule has 3 rings (SSSR count). The number of esters is 2. The molecule has 0 spiro atoms. The summed E-state index contributed by atoms with van der Waals surface area (Å²) in [5.74, 6) is 0.298. The topological polar surface area (TPSA) is 91.3 Å². The summed E-state index contributed by atoms with van der Waals surface area (Å²) in [5.41, 5.74) is 0.332. The van der Waals surface area contributed by atoms with Crippen LogP contribution in [-0.2, 0) is 9.53 Å². The first kappa shape index (κ1) is 24.3. The normalized spacial score (nSPS) is 18.6. The van der Waals surface area contributed by atoms with Crippen molar-refractivity contribution < 1.29 is 33.6 Å². The molecule has 0 amide bonds. The Morgan fingerprint density at radius 2 is 1.55 bits per heavy atom. The van der Waals surface area contributed by atoms with Gasteiger partial charge in [-0.3, -0.25) is 4.79 Å². The van der Waals surface area contributed by atoms with Crippen molar-refractivity contribution in [2.75, 3.05) is 0 Å². The van der Waals surface area contributed by atoms with E-state index < -0.39 is 12.3 Å².